The summed E-state index contributed by atoms with van der Waals surface area (Å²) < 4.78 is 38.9. The van der Waals surface area contributed by atoms with E-state index in [1.807, 2.05) is 0 Å². The van der Waals surface area contributed by atoms with Crippen molar-refractivity contribution < 1.29 is 27.6 Å². The highest BCUT2D eigenvalue weighted by molar-refractivity contribution is 7.89. The number of carboxylic acids is 1. The minimum Gasteiger partial charge on any atom is -0.480 e. The summed E-state index contributed by atoms with van der Waals surface area (Å²) in [6.07, 6.45) is 0. The number of nitrogens with zero attached hydrogens (tertiary/aromatic N) is 2. The molecule has 0 saturated heterocycles. The number of halogens is 1. The number of aliphatic carboxylic acids is 1. The number of hydrogen-bond acceptors (Lipinski definition) is 5. The Labute approximate surface area is 120 Å². The average Bonchev–Trinajstić information content (AvgIpc) is 2.35. The first-order chi connectivity index (χ1) is 9.57. The van der Waals surface area contributed by atoms with E-state index in [9.17, 15) is 27.7 Å². The van der Waals surface area contributed by atoms with Crippen molar-refractivity contribution >= 4 is 21.7 Å². The van der Waals surface area contributed by atoms with Gasteiger partial charge in [0.2, 0.25) is 10.0 Å². The summed E-state index contributed by atoms with van der Waals surface area (Å²) in [6, 6.07) is 1.29. The second kappa shape index (κ2) is 6.14. The highest BCUT2D eigenvalue weighted by Gasteiger charge is 2.32. The van der Waals surface area contributed by atoms with E-state index < -0.39 is 49.9 Å². The van der Waals surface area contributed by atoms with Crippen LogP contribution in [0.5, 0.6) is 0 Å². The Balaban J connectivity index is 3.43. The molecule has 0 spiro atoms. The van der Waals surface area contributed by atoms with Gasteiger partial charge in [-0.1, -0.05) is 0 Å². The van der Waals surface area contributed by atoms with E-state index >= 15 is 0 Å². The van der Waals surface area contributed by atoms with Crippen LogP contribution >= 0.6 is 0 Å². The van der Waals surface area contributed by atoms with Crippen molar-refractivity contribution in [3.8, 4) is 0 Å². The first-order valence-corrected chi connectivity index (χ1v) is 7.19. The third kappa shape index (κ3) is 3.73. The number of carboxylic acid groups (broad SMARTS) is 1. The third-order valence-electron chi connectivity index (χ3n) is 2.58. The van der Waals surface area contributed by atoms with E-state index in [2.05, 4.69) is 0 Å². The number of rotatable bonds is 6. The zero-order valence-corrected chi connectivity index (χ0v) is 12.0. The number of nitro groups is 1. The summed E-state index contributed by atoms with van der Waals surface area (Å²) in [7, 11) is -4.51. The summed E-state index contributed by atoms with van der Waals surface area (Å²) in [5.41, 5.74) is -0.603. The van der Waals surface area contributed by atoms with Gasteiger partial charge < -0.3 is 5.11 Å². The molecule has 116 valence electrons. The summed E-state index contributed by atoms with van der Waals surface area (Å²) >= 11 is 0. The Hall–Kier alpha value is -2.07. The van der Waals surface area contributed by atoms with E-state index in [1.165, 1.54) is 13.8 Å². The molecule has 0 atom stereocenters. The van der Waals surface area contributed by atoms with Crippen LogP contribution in [0.4, 0.5) is 10.1 Å². The van der Waals surface area contributed by atoms with Gasteiger partial charge in [-0.3, -0.25) is 14.9 Å². The van der Waals surface area contributed by atoms with E-state index in [0.29, 0.717) is 16.4 Å². The molecule has 0 aliphatic rings. The zero-order chi connectivity index (χ0) is 16.4. The van der Waals surface area contributed by atoms with Crippen LogP contribution in [0.25, 0.3) is 0 Å². The molecular formula is C11H13FN2O6S. The molecule has 0 saturated carbocycles. The lowest BCUT2D eigenvalue weighted by Gasteiger charge is -2.24. The van der Waals surface area contributed by atoms with Gasteiger partial charge >= 0.3 is 5.97 Å². The molecule has 0 heterocycles. The number of non-ortho nitro benzene ring substituents is 1. The van der Waals surface area contributed by atoms with Crippen molar-refractivity contribution in [2.45, 2.75) is 24.8 Å². The summed E-state index contributed by atoms with van der Waals surface area (Å²) in [5.74, 6) is -2.60. The van der Waals surface area contributed by atoms with Crippen molar-refractivity contribution in [1.82, 2.24) is 4.31 Å². The Morgan fingerprint density at radius 3 is 2.48 bits per heavy atom. The van der Waals surface area contributed by atoms with Gasteiger partial charge in [0, 0.05) is 18.2 Å². The fraction of sp³-hybridized carbons (Fsp3) is 0.364. The molecule has 0 aromatic heterocycles. The topological polar surface area (TPSA) is 118 Å². The molecule has 8 nitrogen and oxygen atoms in total. The highest BCUT2D eigenvalue weighted by Crippen LogP contribution is 2.25. The molecule has 0 radical (unpaired) electrons. The molecule has 1 aromatic rings. The summed E-state index contributed by atoms with van der Waals surface area (Å²) in [5, 5.41) is 19.4. The number of carbonyl (C=O) groups is 1. The maximum absolute atomic E-state index is 13.7. The molecule has 0 fully saturated rings. The van der Waals surface area contributed by atoms with E-state index in [1.54, 1.807) is 0 Å². The van der Waals surface area contributed by atoms with E-state index in [4.69, 9.17) is 5.11 Å². The SMILES string of the molecule is CC(C)N(CC(=O)O)S(=O)(=O)c1cc([N+](=O)[O-])ccc1F. The second-order valence-electron chi connectivity index (χ2n) is 4.41. The summed E-state index contributed by atoms with van der Waals surface area (Å²) in [4.78, 5) is 19.6. The normalized spacial score (nSPS) is 11.9. The predicted molar refractivity (Wildman–Crippen MR) is 69.7 cm³/mol. The Morgan fingerprint density at radius 2 is 2.05 bits per heavy atom. The standard InChI is InChI=1S/C11H13FN2O6S/c1-7(2)13(6-11(15)16)21(19,20)10-5-8(14(17)18)3-4-9(10)12/h3-5,7H,6H2,1-2H3,(H,15,16). The van der Waals surface area contributed by atoms with Gasteiger partial charge in [-0.2, -0.15) is 4.31 Å². The van der Waals surface area contributed by atoms with Crippen LogP contribution < -0.4 is 0 Å². The van der Waals surface area contributed by atoms with Crippen LogP contribution in [0, 0.1) is 15.9 Å². The molecule has 0 unspecified atom stereocenters. The van der Waals surface area contributed by atoms with Gasteiger partial charge in [0.1, 0.15) is 17.3 Å². The van der Waals surface area contributed by atoms with Gasteiger partial charge in [-0.25, -0.2) is 12.8 Å². The highest BCUT2D eigenvalue weighted by atomic mass is 32.2. The first-order valence-electron chi connectivity index (χ1n) is 5.75. The minimum atomic E-state index is -4.51. The van der Waals surface area contributed by atoms with Gasteiger partial charge in [-0.05, 0) is 19.9 Å². The van der Waals surface area contributed by atoms with Crippen molar-refractivity contribution in [1.29, 1.82) is 0 Å². The van der Waals surface area contributed by atoms with Crippen molar-refractivity contribution in [2.24, 2.45) is 0 Å². The van der Waals surface area contributed by atoms with Crippen LogP contribution in [-0.4, -0.2) is 41.3 Å². The fourth-order valence-corrected chi connectivity index (χ4v) is 3.28. The van der Waals surface area contributed by atoms with Crippen molar-refractivity contribution in [2.75, 3.05) is 6.54 Å². The smallest absolute Gasteiger partial charge is 0.318 e. The lowest BCUT2D eigenvalue weighted by molar-refractivity contribution is -0.385. The molecule has 0 aliphatic heterocycles. The molecule has 10 heteroatoms. The number of nitro benzene ring substituents is 1. The summed E-state index contributed by atoms with van der Waals surface area (Å²) in [6.45, 7) is 1.95. The molecule has 1 aromatic carbocycles. The largest absolute Gasteiger partial charge is 0.480 e. The van der Waals surface area contributed by atoms with Crippen molar-refractivity contribution in [3.63, 3.8) is 0 Å². The van der Waals surface area contributed by atoms with Crippen LogP contribution in [0.15, 0.2) is 23.1 Å². The molecule has 0 bridgehead atoms. The predicted octanol–water partition coefficient (Wildman–Crippen LogP) is 1.22. The quantitative estimate of drug-likeness (QED) is 0.622. The second-order valence-corrected chi connectivity index (χ2v) is 6.27. The first kappa shape index (κ1) is 17.0. The molecule has 21 heavy (non-hydrogen) atoms. The number of sulfonamides is 1. The van der Waals surface area contributed by atoms with Crippen LogP contribution in [0.3, 0.4) is 0 Å². The van der Waals surface area contributed by atoms with E-state index in [0.717, 1.165) is 6.07 Å². The van der Waals surface area contributed by atoms with Crippen LogP contribution in [0.1, 0.15) is 13.8 Å². The minimum absolute atomic E-state index is 0.553. The molecule has 0 amide bonds. The van der Waals surface area contributed by atoms with Crippen LogP contribution in [-0.2, 0) is 14.8 Å². The van der Waals surface area contributed by atoms with Gasteiger partial charge in [0.25, 0.3) is 5.69 Å². The lowest BCUT2D eigenvalue weighted by atomic mass is 10.3. The Morgan fingerprint density at radius 1 is 1.48 bits per heavy atom. The lowest BCUT2D eigenvalue weighted by Crippen LogP contribution is -2.40. The van der Waals surface area contributed by atoms with Gasteiger partial charge in [0.05, 0.1) is 4.92 Å². The van der Waals surface area contributed by atoms with E-state index in [-0.39, 0.29) is 0 Å². The Bertz CT molecular complexity index is 673. The van der Waals surface area contributed by atoms with Gasteiger partial charge in [-0.15, -0.1) is 0 Å². The maximum Gasteiger partial charge on any atom is 0.318 e. The molecule has 0 aliphatic carbocycles. The monoisotopic (exact) mass is 320 g/mol. The maximum atomic E-state index is 13.7. The molecule has 1 N–H and O–H groups in total. The Kier molecular flexibility index (Phi) is 4.97. The van der Waals surface area contributed by atoms with Crippen LogP contribution in [0.2, 0.25) is 0 Å². The molecular weight excluding hydrogens is 307 g/mol. The third-order valence-corrected chi connectivity index (χ3v) is 4.62. The number of hydrogen-bond donors (Lipinski definition) is 1. The van der Waals surface area contributed by atoms with Crippen molar-refractivity contribution in [3.05, 3.63) is 34.1 Å². The molecule has 1 rings (SSSR count). The number of benzene rings is 1. The zero-order valence-electron chi connectivity index (χ0n) is 11.2. The fourth-order valence-electron chi connectivity index (χ4n) is 1.61. The van der Waals surface area contributed by atoms with Gasteiger partial charge in [0.15, 0.2) is 0 Å². The average molecular weight is 320 g/mol.